The predicted molar refractivity (Wildman–Crippen MR) is 60.2 cm³/mol. The van der Waals surface area contributed by atoms with Gasteiger partial charge < -0.3 is 10.0 Å². The molecule has 1 N–H and O–H groups in total. The van der Waals surface area contributed by atoms with E-state index in [0.29, 0.717) is 6.54 Å². The maximum absolute atomic E-state index is 12.0. The highest BCUT2D eigenvalue weighted by Gasteiger charge is 2.23. The molecule has 4 heteroatoms. The van der Waals surface area contributed by atoms with Gasteiger partial charge in [0.15, 0.2) is 0 Å². The summed E-state index contributed by atoms with van der Waals surface area (Å²) in [6.07, 6.45) is 1.37. The Kier molecular flexibility index (Phi) is 3.07. The first-order valence-electron chi connectivity index (χ1n) is 5.20. The van der Waals surface area contributed by atoms with E-state index in [1.165, 1.54) is 11.3 Å². The zero-order valence-electron chi connectivity index (χ0n) is 8.77. The highest BCUT2D eigenvalue weighted by molar-refractivity contribution is 7.13. The van der Waals surface area contributed by atoms with E-state index in [2.05, 4.69) is 0 Å². The van der Waals surface area contributed by atoms with Crippen LogP contribution in [0.1, 0.15) is 27.4 Å². The van der Waals surface area contributed by atoms with Gasteiger partial charge in [-0.3, -0.25) is 4.79 Å². The number of aliphatic hydroxyl groups is 1. The lowest BCUT2D eigenvalue weighted by molar-refractivity contribution is 0.0478. The molecule has 1 fully saturated rings. The Balaban J connectivity index is 2.07. The first kappa shape index (κ1) is 10.6. The molecule has 1 aliphatic rings. The minimum absolute atomic E-state index is 0.0619. The Morgan fingerprint density at radius 2 is 2.40 bits per heavy atom. The van der Waals surface area contributed by atoms with Gasteiger partial charge in [0, 0.05) is 18.0 Å². The largest absolute Gasteiger partial charge is 0.391 e. The van der Waals surface area contributed by atoms with Crippen LogP contribution in [-0.4, -0.2) is 35.1 Å². The average molecular weight is 225 g/mol. The summed E-state index contributed by atoms with van der Waals surface area (Å²) < 4.78 is 0. The van der Waals surface area contributed by atoms with E-state index < -0.39 is 0 Å². The molecule has 2 rings (SSSR count). The Labute approximate surface area is 93.3 Å². The summed E-state index contributed by atoms with van der Waals surface area (Å²) >= 11 is 1.52. The average Bonchev–Trinajstić information content (AvgIpc) is 2.64. The first-order chi connectivity index (χ1) is 7.16. The second-order valence-electron chi connectivity index (χ2n) is 3.96. The lowest BCUT2D eigenvalue weighted by Gasteiger charge is -2.29. The summed E-state index contributed by atoms with van der Waals surface area (Å²) in [6, 6.07) is 3.82. The van der Waals surface area contributed by atoms with Gasteiger partial charge in [0.25, 0.3) is 5.91 Å². The van der Waals surface area contributed by atoms with E-state index in [1.807, 2.05) is 19.1 Å². The van der Waals surface area contributed by atoms with Gasteiger partial charge in [0.1, 0.15) is 0 Å². The Bertz CT molecular complexity index is 361. The molecular weight excluding hydrogens is 210 g/mol. The standard InChI is InChI=1S/C11H15NO2S/c1-8-4-5-10(15-8)11(14)12-6-2-3-9(13)7-12/h4-5,9,13H,2-3,6-7H2,1H3. The minimum Gasteiger partial charge on any atom is -0.391 e. The molecule has 1 aromatic heterocycles. The number of rotatable bonds is 1. The maximum Gasteiger partial charge on any atom is 0.264 e. The van der Waals surface area contributed by atoms with Crippen LogP contribution in [0.25, 0.3) is 0 Å². The fourth-order valence-electron chi connectivity index (χ4n) is 1.84. The molecule has 1 unspecified atom stereocenters. The number of aliphatic hydroxyl groups excluding tert-OH is 1. The number of piperidine rings is 1. The molecule has 1 saturated heterocycles. The molecule has 3 nitrogen and oxygen atoms in total. The molecule has 0 aromatic carbocycles. The number of carbonyl (C=O) groups excluding carboxylic acids is 1. The fourth-order valence-corrected chi connectivity index (χ4v) is 2.68. The summed E-state index contributed by atoms with van der Waals surface area (Å²) in [4.78, 5) is 15.7. The summed E-state index contributed by atoms with van der Waals surface area (Å²) in [5.41, 5.74) is 0. The van der Waals surface area contributed by atoms with Crippen LogP contribution in [-0.2, 0) is 0 Å². The molecule has 0 radical (unpaired) electrons. The van der Waals surface area contributed by atoms with Crippen LogP contribution in [0.3, 0.4) is 0 Å². The van der Waals surface area contributed by atoms with Crippen LogP contribution in [0, 0.1) is 6.92 Å². The Morgan fingerprint density at radius 3 is 3.00 bits per heavy atom. The lowest BCUT2D eigenvalue weighted by atomic mass is 10.1. The lowest BCUT2D eigenvalue weighted by Crippen LogP contribution is -2.41. The van der Waals surface area contributed by atoms with Crippen molar-refractivity contribution in [3.63, 3.8) is 0 Å². The minimum atomic E-state index is -0.344. The van der Waals surface area contributed by atoms with Crippen molar-refractivity contribution in [2.24, 2.45) is 0 Å². The van der Waals surface area contributed by atoms with Crippen molar-refractivity contribution >= 4 is 17.2 Å². The molecule has 0 saturated carbocycles. The van der Waals surface area contributed by atoms with Crippen molar-refractivity contribution in [1.82, 2.24) is 4.90 Å². The third-order valence-electron chi connectivity index (χ3n) is 2.63. The molecule has 2 heterocycles. The van der Waals surface area contributed by atoms with Gasteiger partial charge in [-0.05, 0) is 31.9 Å². The van der Waals surface area contributed by atoms with Gasteiger partial charge in [0.2, 0.25) is 0 Å². The van der Waals surface area contributed by atoms with E-state index in [0.717, 1.165) is 29.1 Å². The molecule has 0 spiro atoms. The fraction of sp³-hybridized carbons (Fsp3) is 0.545. The molecule has 15 heavy (non-hydrogen) atoms. The first-order valence-corrected chi connectivity index (χ1v) is 6.02. The van der Waals surface area contributed by atoms with Gasteiger partial charge in [-0.15, -0.1) is 11.3 Å². The van der Waals surface area contributed by atoms with E-state index in [4.69, 9.17) is 0 Å². The number of β-amino-alcohol motifs (C(OH)–C–C–N with tert-alkyl or cyclic N) is 1. The second kappa shape index (κ2) is 4.33. The van der Waals surface area contributed by atoms with E-state index in [1.54, 1.807) is 4.90 Å². The van der Waals surface area contributed by atoms with Crippen molar-refractivity contribution < 1.29 is 9.90 Å². The van der Waals surface area contributed by atoms with Crippen molar-refractivity contribution in [2.45, 2.75) is 25.9 Å². The molecular formula is C11H15NO2S. The molecule has 0 aliphatic carbocycles. The van der Waals surface area contributed by atoms with Crippen molar-refractivity contribution in [3.8, 4) is 0 Å². The highest BCUT2D eigenvalue weighted by atomic mass is 32.1. The number of hydrogen-bond acceptors (Lipinski definition) is 3. The SMILES string of the molecule is Cc1ccc(C(=O)N2CCCC(O)C2)s1. The number of carbonyl (C=O) groups is 1. The Hall–Kier alpha value is -0.870. The highest BCUT2D eigenvalue weighted by Crippen LogP contribution is 2.19. The van der Waals surface area contributed by atoms with E-state index in [9.17, 15) is 9.90 Å². The topological polar surface area (TPSA) is 40.5 Å². The van der Waals surface area contributed by atoms with Crippen molar-refractivity contribution in [2.75, 3.05) is 13.1 Å². The predicted octanol–water partition coefficient (Wildman–Crippen LogP) is 1.65. The van der Waals surface area contributed by atoms with Crippen molar-refractivity contribution in [3.05, 3.63) is 21.9 Å². The maximum atomic E-state index is 12.0. The monoisotopic (exact) mass is 225 g/mol. The van der Waals surface area contributed by atoms with Crippen LogP contribution < -0.4 is 0 Å². The van der Waals surface area contributed by atoms with E-state index >= 15 is 0 Å². The summed E-state index contributed by atoms with van der Waals surface area (Å²) in [5.74, 6) is 0.0619. The second-order valence-corrected chi connectivity index (χ2v) is 5.25. The van der Waals surface area contributed by atoms with E-state index in [-0.39, 0.29) is 12.0 Å². The van der Waals surface area contributed by atoms with Crippen LogP contribution >= 0.6 is 11.3 Å². The Morgan fingerprint density at radius 1 is 1.60 bits per heavy atom. The third-order valence-corrected chi connectivity index (χ3v) is 3.62. The molecule has 1 aliphatic heterocycles. The molecule has 82 valence electrons. The summed E-state index contributed by atoms with van der Waals surface area (Å²) in [6.45, 7) is 3.25. The molecule has 1 aromatic rings. The number of aryl methyl sites for hydroxylation is 1. The van der Waals surface area contributed by atoms with Crippen LogP contribution in [0.4, 0.5) is 0 Å². The normalized spacial score (nSPS) is 21.7. The van der Waals surface area contributed by atoms with Gasteiger partial charge in [-0.25, -0.2) is 0 Å². The number of nitrogens with zero attached hydrogens (tertiary/aromatic N) is 1. The van der Waals surface area contributed by atoms with Crippen LogP contribution in [0.15, 0.2) is 12.1 Å². The molecule has 1 atom stereocenters. The van der Waals surface area contributed by atoms with Crippen LogP contribution in [0.5, 0.6) is 0 Å². The summed E-state index contributed by atoms with van der Waals surface area (Å²) in [7, 11) is 0. The zero-order valence-corrected chi connectivity index (χ0v) is 9.59. The zero-order chi connectivity index (χ0) is 10.8. The van der Waals surface area contributed by atoms with Gasteiger partial charge in [0.05, 0.1) is 11.0 Å². The number of thiophene rings is 1. The van der Waals surface area contributed by atoms with Gasteiger partial charge in [-0.1, -0.05) is 0 Å². The number of amides is 1. The van der Waals surface area contributed by atoms with Crippen molar-refractivity contribution in [1.29, 1.82) is 0 Å². The number of likely N-dealkylation sites (tertiary alicyclic amines) is 1. The quantitative estimate of drug-likeness (QED) is 0.789. The molecule has 0 bridgehead atoms. The summed E-state index contributed by atoms with van der Waals surface area (Å²) in [5, 5.41) is 9.49. The number of hydrogen-bond donors (Lipinski definition) is 1. The van der Waals surface area contributed by atoms with Gasteiger partial charge in [-0.2, -0.15) is 0 Å². The van der Waals surface area contributed by atoms with Gasteiger partial charge >= 0.3 is 0 Å². The van der Waals surface area contributed by atoms with Crippen LogP contribution in [0.2, 0.25) is 0 Å². The third kappa shape index (κ3) is 2.38. The molecule has 1 amide bonds. The smallest absolute Gasteiger partial charge is 0.264 e.